The number of aliphatic hydroxyl groups is 1. The lowest BCUT2D eigenvalue weighted by Gasteiger charge is -2.31. The predicted molar refractivity (Wildman–Crippen MR) is 133 cm³/mol. The van der Waals surface area contributed by atoms with Crippen LogP contribution in [0.15, 0.2) is 30.9 Å². The van der Waals surface area contributed by atoms with Crippen molar-refractivity contribution < 1.29 is 14.7 Å². The number of rotatable bonds is 7. The summed E-state index contributed by atoms with van der Waals surface area (Å²) in [6.07, 6.45) is 6.94. The van der Waals surface area contributed by atoms with E-state index in [4.69, 9.17) is 0 Å². The molecule has 0 saturated carbocycles. The number of hydrogen-bond acceptors (Lipinski definition) is 8. The van der Waals surface area contributed by atoms with Crippen molar-refractivity contribution in [2.45, 2.75) is 44.9 Å². The summed E-state index contributed by atoms with van der Waals surface area (Å²) in [6.45, 7) is 5.27. The number of piperidine rings is 1. The second-order valence-corrected chi connectivity index (χ2v) is 8.71. The van der Waals surface area contributed by atoms with Crippen molar-refractivity contribution in [2.75, 3.05) is 38.0 Å². The fourth-order valence-electron chi connectivity index (χ4n) is 4.36. The van der Waals surface area contributed by atoms with Gasteiger partial charge in [-0.25, -0.2) is 9.97 Å². The van der Waals surface area contributed by atoms with Crippen molar-refractivity contribution in [1.82, 2.24) is 30.1 Å². The second-order valence-electron chi connectivity index (χ2n) is 8.71. The van der Waals surface area contributed by atoms with Crippen molar-refractivity contribution in [3.8, 4) is 0 Å². The predicted octanol–water partition coefficient (Wildman–Crippen LogP) is 0.556. The summed E-state index contributed by atoms with van der Waals surface area (Å²) in [4.78, 5) is 40.5. The quantitative estimate of drug-likeness (QED) is 0.518. The van der Waals surface area contributed by atoms with Gasteiger partial charge in [-0.15, -0.1) is 0 Å². The number of pyridine rings is 1. The Labute approximate surface area is 206 Å². The monoisotopic (exact) mass is 487 g/mol. The molecular weight excluding hydrogens is 454 g/mol. The van der Waals surface area contributed by atoms with E-state index in [9.17, 15) is 14.7 Å². The van der Waals surface area contributed by atoms with Gasteiger partial charge in [0, 0.05) is 70.7 Å². The maximum Gasteiger partial charge on any atom is 0.270 e. The summed E-state index contributed by atoms with van der Waals surface area (Å²) in [5, 5.41) is 16.5. The van der Waals surface area contributed by atoms with Crippen molar-refractivity contribution in [3.05, 3.63) is 47.7 Å². The van der Waals surface area contributed by atoms with E-state index in [-0.39, 0.29) is 43.6 Å². The average molecular weight is 488 g/mol. The van der Waals surface area contributed by atoms with Crippen LogP contribution in [0.5, 0.6) is 0 Å². The molecule has 2 aliphatic heterocycles. The Hall–Kier alpha value is -2.76. The molecule has 4 heterocycles. The first kappa shape index (κ1) is 25.9. The van der Waals surface area contributed by atoms with Gasteiger partial charge in [0.05, 0.1) is 6.10 Å². The number of β-amino-alcohol motifs (C(OH)–C–C–N with tert-alkyl or cyclic N) is 1. The SMILES string of the molecule is CC(=O)N1CCC(Nc2cc(C(=O)NC[C@H](O)CN3CCc4cnccc4C3)ncn2)CC1.S. The molecule has 184 valence electrons. The van der Waals surface area contributed by atoms with E-state index in [1.54, 1.807) is 19.2 Å². The van der Waals surface area contributed by atoms with E-state index >= 15 is 0 Å². The largest absolute Gasteiger partial charge is 0.390 e. The zero-order chi connectivity index (χ0) is 23.2. The first-order chi connectivity index (χ1) is 16.0. The summed E-state index contributed by atoms with van der Waals surface area (Å²) >= 11 is 0. The number of aliphatic hydroxyl groups excluding tert-OH is 1. The maximum atomic E-state index is 12.6. The highest BCUT2D eigenvalue weighted by Gasteiger charge is 2.22. The number of likely N-dealkylation sites (tertiary alicyclic amines) is 1. The summed E-state index contributed by atoms with van der Waals surface area (Å²) in [6, 6.07) is 3.83. The standard InChI is InChI=1S/C23H31N7O3.H2S/c1-16(31)30-8-4-19(5-9-30)28-22-10-21(26-15-27-22)23(33)25-12-20(32)14-29-7-3-17-11-24-6-2-18(17)13-29;/h2,6,10-11,15,19-20,32H,3-5,7-9,12-14H2,1H3,(H,25,33)(H,26,27,28);1H2/t20-;/m0./s1. The minimum absolute atomic E-state index is 0. The van der Waals surface area contributed by atoms with Crippen molar-refractivity contribution in [1.29, 1.82) is 0 Å². The highest BCUT2D eigenvalue weighted by atomic mass is 32.1. The minimum Gasteiger partial charge on any atom is -0.390 e. The summed E-state index contributed by atoms with van der Waals surface area (Å²) in [5.41, 5.74) is 2.75. The summed E-state index contributed by atoms with van der Waals surface area (Å²) in [7, 11) is 0. The first-order valence-corrected chi connectivity index (χ1v) is 11.4. The van der Waals surface area contributed by atoms with Crippen LogP contribution in [0, 0.1) is 0 Å². The Kier molecular flexibility index (Phi) is 9.20. The van der Waals surface area contributed by atoms with Gasteiger partial charge >= 0.3 is 0 Å². The Balaban J connectivity index is 0.00000324. The van der Waals surface area contributed by atoms with Gasteiger partial charge in [0.1, 0.15) is 17.8 Å². The van der Waals surface area contributed by atoms with E-state index in [0.29, 0.717) is 25.5 Å². The lowest BCUT2D eigenvalue weighted by Crippen LogP contribution is -2.42. The zero-order valence-corrected chi connectivity index (χ0v) is 20.4. The van der Waals surface area contributed by atoms with E-state index < -0.39 is 6.10 Å². The minimum atomic E-state index is -0.678. The molecule has 34 heavy (non-hydrogen) atoms. The van der Waals surface area contributed by atoms with Gasteiger partial charge in [0.15, 0.2) is 0 Å². The van der Waals surface area contributed by atoms with Gasteiger partial charge in [-0.05, 0) is 36.5 Å². The first-order valence-electron chi connectivity index (χ1n) is 11.4. The zero-order valence-electron chi connectivity index (χ0n) is 19.4. The number of aromatic nitrogens is 3. The lowest BCUT2D eigenvalue weighted by molar-refractivity contribution is -0.129. The molecule has 11 heteroatoms. The van der Waals surface area contributed by atoms with Crippen LogP contribution in [0.3, 0.4) is 0 Å². The lowest BCUT2D eigenvalue weighted by atomic mass is 10.0. The van der Waals surface area contributed by atoms with Crippen LogP contribution in [-0.2, 0) is 17.8 Å². The Morgan fingerprint density at radius 3 is 2.76 bits per heavy atom. The molecule has 2 amide bonds. The number of nitrogens with zero attached hydrogens (tertiary/aromatic N) is 5. The van der Waals surface area contributed by atoms with E-state index in [1.807, 2.05) is 17.2 Å². The molecule has 1 saturated heterocycles. The van der Waals surface area contributed by atoms with Crippen LogP contribution in [0.4, 0.5) is 5.82 Å². The molecule has 3 N–H and O–H groups in total. The Bertz CT molecular complexity index is 985. The Morgan fingerprint density at radius 1 is 1.21 bits per heavy atom. The van der Waals surface area contributed by atoms with Crippen LogP contribution >= 0.6 is 13.5 Å². The third kappa shape index (κ3) is 6.87. The molecular formula is C23H33N7O3S. The van der Waals surface area contributed by atoms with Crippen LogP contribution in [0.1, 0.15) is 41.4 Å². The highest BCUT2D eigenvalue weighted by molar-refractivity contribution is 7.59. The number of nitrogens with one attached hydrogen (secondary N) is 2. The topological polar surface area (TPSA) is 124 Å². The van der Waals surface area contributed by atoms with Crippen molar-refractivity contribution in [3.63, 3.8) is 0 Å². The van der Waals surface area contributed by atoms with E-state index in [2.05, 4.69) is 30.5 Å². The molecule has 10 nitrogen and oxygen atoms in total. The van der Waals surface area contributed by atoms with E-state index in [0.717, 1.165) is 32.4 Å². The molecule has 0 aromatic carbocycles. The molecule has 1 fully saturated rings. The van der Waals surface area contributed by atoms with Gasteiger partial charge in [0.2, 0.25) is 5.91 Å². The number of hydrogen-bond donors (Lipinski definition) is 3. The highest BCUT2D eigenvalue weighted by Crippen LogP contribution is 2.18. The van der Waals surface area contributed by atoms with Crippen molar-refractivity contribution in [2.24, 2.45) is 0 Å². The smallest absolute Gasteiger partial charge is 0.270 e. The molecule has 0 bridgehead atoms. The molecule has 0 aliphatic carbocycles. The third-order valence-corrected chi connectivity index (χ3v) is 6.26. The maximum absolute atomic E-state index is 12.6. The number of fused-ring (bicyclic) bond motifs is 1. The molecule has 2 aromatic rings. The molecule has 0 spiro atoms. The molecule has 1 atom stereocenters. The molecule has 4 rings (SSSR count). The second kappa shape index (κ2) is 12.1. The van der Waals surface area contributed by atoms with Gasteiger partial charge in [-0.3, -0.25) is 19.5 Å². The fraction of sp³-hybridized carbons (Fsp3) is 0.522. The molecule has 2 aliphatic rings. The van der Waals surface area contributed by atoms with Crippen LogP contribution in [0.2, 0.25) is 0 Å². The average Bonchev–Trinajstić information content (AvgIpc) is 2.83. The number of amides is 2. The van der Waals surface area contributed by atoms with Crippen LogP contribution in [-0.4, -0.2) is 86.5 Å². The molecule has 2 aromatic heterocycles. The molecule has 0 unspecified atom stereocenters. The number of carbonyl (C=O) groups excluding carboxylic acids is 2. The van der Waals surface area contributed by atoms with E-state index in [1.165, 1.54) is 17.5 Å². The van der Waals surface area contributed by atoms with Gasteiger partial charge in [-0.2, -0.15) is 13.5 Å². The van der Waals surface area contributed by atoms with Crippen LogP contribution in [0.25, 0.3) is 0 Å². The molecule has 0 radical (unpaired) electrons. The van der Waals surface area contributed by atoms with Gasteiger partial charge in [-0.1, -0.05) is 0 Å². The number of carbonyl (C=O) groups is 2. The fourth-order valence-corrected chi connectivity index (χ4v) is 4.36. The van der Waals surface area contributed by atoms with Gasteiger partial charge in [0.25, 0.3) is 5.91 Å². The van der Waals surface area contributed by atoms with Gasteiger partial charge < -0.3 is 20.6 Å². The third-order valence-electron chi connectivity index (χ3n) is 6.26. The van der Waals surface area contributed by atoms with Crippen molar-refractivity contribution >= 4 is 31.1 Å². The summed E-state index contributed by atoms with van der Waals surface area (Å²) < 4.78 is 0. The van der Waals surface area contributed by atoms with Crippen LogP contribution < -0.4 is 10.6 Å². The summed E-state index contributed by atoms with van der Waals surface area (Å²) in [5.74, 6) is 0.332. The Morgan fingerprint density at radius 2 is 2.00 bits per heavy atom. The normalized spacial score (nSPS) is 17.3. The number of anilines is 1.